The Bertz CT molecular complexity index is 586. The number of aromatic nitrogens is 4. The Morgan fingerprint density at radius 1 is 1.38 bits per heavy atom. The van der Waals surface area contributed by atoms with Crippen LogP contribution in [0.1, 0.15) is 5.56 Å². The molecule has 3 heterocycles. The van der Waals surface area contributed by atoms with Gasteiger partial charge in [0.15, 0.2) is 0 Å². The van der Waals surface area contributed by atoms with Crippen LogP contribution in [0.3, 0.4) is 0 Å². The van der Waals surface area contributed by atoms with Crippen molar-refractivity contribution in [2.24, 2.45) is 0 Å². The predicted octanol–water partition coefficient (Wildman–Crippen LogP) is 2.03. The third-order valence-electron chi connectivity index (χ3n) is 2.28. The fraction of sp³-hybridized carbons (Fsp3) is 0.100. The normalized spacial score (nSPS) is 10.8. The van der Waals surface area contributed by atoms with Crippen molar-refractivity contribution in [3.05, 3.63) is 35.7 Å². The molecule has 6 heteroatoms. The molecule has 0 aliphatic carbocycles. The fourth-order valence-electron chi connectivity index (χ4n) is 1.49. The van der Waals surface area contributed by atoms with Gasteiger partial charge in [0.05, 0.1) is 11.6 Å². The maximum Gasteiger partial charge on any atom is 0.138 e. The van der Waals surface area contributed by atoms with E-state index in [0.29, 0.717) is 6.54 Å². The van der Waals surface area contributed by atoms with Crippen molar-refractivity contribution in [2.75, 3.05) is 5.32 Å². The lowest BCUT2D eigenvalue weighted by Crippen LogP contribution is -2.00. The van der Waals surface area contributed by atoms with Crippen LogP contribution in [0.4, 0.5) is 5.82 Å². The van der Waals surface area contributed by atoms with Crippen molar-refractivity contribution in [1.29, 1.82) is 0 Å². The molecule has 0 saturated carbocycles. The van der Waals surface area contributed by atoms with Gasteiger partial charge in [-0.1, -0.05) is 0 Å². The van der Waals surface area contributed by atoms with Crippen molar-refractivity contribution in [2.45, 2.75) is 6.54 Å². The Labute approximate surface area is 95.6 Å². The van der Waals surface area contributed by atoms with Crippen molar-refractivity contribution in [3.63, 3.8) is 0 Å². The molecule has 3 rings (SSSR count). The van der Waals surface area contributed by atoms with E-state index in [2.05, 4.69) is 25.5 Å². The average molecular weight is 231 g/mol. The molecule has 0 atom stereocenters. The number of H-pyrrole nitrogens is 1. The second-order valence-corrected chi connectivity index (χ2v) is 4.22. The number of anilines is 1. The molecule has 3 aromatic rings. The first-order valence-electron chi connectivity index (χ1n) is 4.83. The Morgan fingerprint density at radius 2 is 2.38 bits per heavy atom. The summed E-state index contributed by atoms with van der Waals surface area (Å²) in [4.78, 5) is 9.43. The molecule has 0 bridgehead atoms. The average Bonchev–Trinajstić information content (AvgIpc) is 2.97. The molecule has 3 aromatic heterocycles. The number of fused-ring (bicyclic) bond motifs is 1. The first-order valence-corrected chi connectivity index (χ1v) is 5.71. The van der Waals surface area contributed by atoms with Gasteiger partial charge in [-0.15, -0.1) is 11.3 Å². The number of rotatable bonds is 3. The number of hydrogen-bond donors (Lipinski definition) is 2. The maximum absolute atomic E-state index is 4.23. The van der Waals surface area contributed by atoms with Crippen molar-refractivity contribution in [3.8, 4) is 0 Å². The van der Waals surface area contributed by atoms with Gasteiger partial charge in [-0.2, -0.15) is 5.10 Å². The molecule has 0 spiro atoms. The third-order valence-corrected chi connectivity index (χ3v) is 3.10. The molecule has 0 aliphatic rings. The van der Waals surface area contributed by atoms with E-state index < -0.39 is 0 Å². The first-order chi connectivity index (χ1) is 7.93. The maximum atomic E-state index is 4.23. The SMILES string of the molecule is c1nc(NCc2cn[nH]c2)c2ccsc2n1. The molecular formula is C10H9N5S. The monoisotopic (exact) mass is 231 g/mol. The highest BCUT2D eigenvalue weighted by molar-refractivity contribution is 7.16. The number of nitrogens with one attached hydrogen (secondary N) is 2. The number of aromatic amines is 1. The van der Waals surface area contributed by atoms with Gasteiger partial charge in [-0.05, 0) is 11.4 Å². The van der Waals surface area contributed by atoms with Gasteiger partial charge in [0, 0.05) is 18.3 Å². The van der Waals surface area contributed by atoms with E-state index in [1.54, 1.807) is 23.9 Å². The number of nitrogens with zero attached hydrogens (tertiary/aromatic N) is 3. The topological polar surface area (TPSA) is 66.5 Å². The second-order valence-electron chi connectivity index (χ2n) is 3.32. The highest BCUT2D eigenvalue weighted by Crippen LogP contribution is 2.23. The highest BCUT2D eigenvalue weighted by Gasteiger charge is 2.04. The van der Waals surface area contributed by atoms with Crippen LogP contribution in [-0.2, 0) is 6.54 Å². The Kier molecular flexibility index (Phi) is 2.26. The van der Waals surface area contributed by atoms with E-state index in [9.17, 15) is 0 Å². The van der Waals surface area contributed by atoms with E-state index in [0.717, 1.165) is 21.6 Å². The lowest BCUT2D eigenvalue weighted by atomic mass is 10.3. The number of thiophene rings is 1. The van der Waals surface area contributed by atoms with E-state index in [4.69, 9.17) is 0 Å². The summed E-state index contributed by atoms with van der Waals surface area (Å²) < 4.78 is 0. The second kappa shape index (κ2) is 3.90. The summed E-state index contributed by atoms with van der Waals surface area (Å²) in [6.07, 6.45) is 5.23. The standard InChI is InChI=1S/C10H9N5S/c1-2-16-10-8(1)9(12-6-13-10)11-3-7-4-14-15-5-7/h1-2,4-6H,3H2,(H,14,15)(H,11,12,13). The van der Waals surface area contributed by atoms with Crippen LogP contribution in [0, 0.1) is 0 Å². The molecule has 0 radical (unpaired) electrons. The van der Waals surface area contributed by atoms with Gasteiger partial charge in [0.1, 0.15) is 17.0 Å². The van der Waals surface area contributed by atoms with Crippen molar-refractivity contribution in [1.82, 2.24) is 20.2 Å². The Hall–Kier alpha value is -1.95. The summed E-state index contributed by atoms with van der Waals surface area (Å²) in [5.41, 5.74) is 1.10. The van der Waals surface area contributed by atoms with Crippen LogP contribution < -0.4 is 5.32 Å². The minimum atomic E-state index is 0.707. The molecular weight excluding hydrogens is 222 g/mol. The lowest BCUT2D eigenvalue weighted by molar-refractivity contribution is 1.09. The molecule has 2 N–H and O–H groups in total. The van der Waals surface area contributed by atoms with Gasteiger partial charge < -0.3 is 5.32 Å². The summed E-state index contributed by atoms with van der Waals surface area (Å²) in [7, 11) is 0. The molecule has 0 unspecified atom stereocenters. The van der Waals surface area contributed by atoms with E-state index in [1.807, 2.05) is 17.6 Å². The Balaban J connectivity index is 1.86. The van der Waals surface area contributed by atoms with Crippen LogP contribution in [0.2, 0.25) is 0 Å². The molecule has 5 nitrogen and oxygen atoms in total. The smallest absolute Gasteiger partial charge is 0.138 e. The van der Waals surface area contributed by atoms with E-state index in [-0.39, 0.29) is 0 Å². The molecule has 80 valence electrons. The minimum Gasteiger partial charge on any atom is -0.365 e. The zero-order valence-corrected chi connectivity index (χ0v) is 9.16. The molecule has 0 aromatic carbocycles. The largest absolute Gasteiger partial charge is 0.365 e. The van der Waals surface area contributed by atoms with Crippen LogP contribution in [0.25, 0.3) is 10.2 Å². The molecule has 0 fully saturated rings. The number of hydrogen-bond acceptors (Lipinski definition) is 5. The summed E-state index contributed by atoms with van der Waals surface area (Å²) in [6.45, 7) is 0.707. The van der Waals surface area contributed by atoms with E-state index in [1.165, 1.54) is 0 Å². The fourth-order valence-corrected chi connectivity index (χ4v) is 2.22. The molecule has 0 amide bonds. The van der Waals surface area contributed by atoms with Gasteiger partial charge in [-0.3, -0.25) is 5.10 Å². The zero-order valence-electron chi connectivity index (χ0n) is 8.34. The quantitative estimate of drug-likeness (QED) is 0.723. The molecule has 0 saturated heterocycles. The Morgan fingerprint density at radius 3 is 3.25 bits per heavy atom. The van der Waals surface area contributed by atoms with Gasteiger partial charge in [0.2, 0.25) is 0 Å². The lowest BCUT2D eigenvalue weighted by Gasteiger charge is -2.03. The molecule has 0 aliphatic heterocycles. The predicted molar refractivity (Wildman–Crippen MR) is 63.3 cm³/mol. The highest BCUT2D eigenvalue weighted by atomic mass is 32.1. The van der Waals surface area contributed by atoms with Gasteiger partial charge in [0.25, 0.3) is 0 Å². The van der Waals surface area contributed by atoms with Gasteiger partial charge >= 0.3 is 0 Å². The summed E-state index contributed by atoms with van der Waals surface area (Å²) in [5.74, 6) is 0.868. The van der Waals surface area contributed by atoms with E-state index >= 15 is 0 Å². The summed E-state index contributed by atoms with van der Waals surface area (Å²) in [6, 6.07) is 2.03. The third kappa shape index (κ3) is 1.63. The zero-order chi connectivity index (χ0) is 10.8. The summed E-state index contributed by atoms with van der Waals surface area (Å²) >= 11 is 1.62. The van der Waals surface area contributed by atoms with Crippen LogP contribution >= 0.6 is 11.3 Å². The van der Waals surface area contributed by atoms with Crippen LogP contribution in [-0.4, -0.2) is 20.2 Å². The van der Waals surface area contributed by atoms with Crippen molar-refractivity contribution < 1.29 is 0 Å². The summed E-state index contributed by atoms with van der Waals surface area (Å²) in [5, 5.41) is 13.0. The van der Waals surface area contributed by atoms with Crippen LogP contribution in [0.15, 0.2) is 30.2 Å². The first kappa shape index (κ1) is 9.29. The van der Waals surface area contributed by atoms with Crippen LogP contribution in [0.5, 0.6) is 0 Å². The van der Waals surface area contributed by atoms with Gasteiger partial charge in [-0.25, -0.2) is 9.97 Å². The minimum absolute atomic E-state index is 0.707. The van der Waals surface area contributed by atoms with Crippen molar-refractivity contribution >= 4 is 27.4 Å². The molecule has 16 heavy (non-hydrogen) atoms.